The van der Waals surface area contributed by atoms with Crippen molar-refractivity contribution in [3.63, 3.8) is 0 Å². The van der Waals surface area contributed by atoms with Crippen LogP contribution in [0.4, 0.5) is 5.82 Å². The second-order valence-electron chi connectivity index (χ2n) is 6.86. The lowest BCUT2D eigenvalue weighted by molar-refractivity contribution is 0.0933. The first-order chi connectivity index (χ1) is 11.4. The van der Waals surface area contributed by atoms with Crippen molar-refractivity contribution in [2.75, 3.05) is 18.4 Å². The SMILES string of the molecule is c1nc(NCC[C@@H]2CCCCN2C2CCCC2)c2[nH]cnc2n1. The van der Waals surface area contributed by atoms with Gasteiger partial charge in [-0.05, 0) is 38.6 Å². The molecule has 2 fully saturated rings. The van der Waals surface area contributed by atoms with Gasteiger partial charge >= 0.3 is 0 Å². The Balaban J connectivity index is 1.36. The highest BCUT2D eigenvalue weighted by Crippen LogP contribution is 2.30. The van der Waals surface area contributed by atoms with Crippen LogP contribution in [-0.4, -0.2) is 50.0 Å². The fourth-order valence-electron chi connectivity index (χ4n) is 4.31. The quantitative estimate of drug-likeness (QED) is 0.888. The molecule has 1 aliphatic heterocycles. The second-order valence-corrected chi connectivity index (χ2v) is 6.86. The maximum absolute atomic E-state index is 4.35. The van der Waals surface area contributed by atoms with Crippen LogP contribution in [0.1, 0.15) is 51.4 Å². The predicted octanol–water partition coefficient (Wildman–Crippen LogP) is 2.95. The highest BCUT2D eigenvalue weighted by Gasteiger charge is 2.30. The van der Waals surface area contributed by atoms with Gasteiger partial charge in [0.2, 0.25) is 0 Å². The van der Waals surface area contributed by atoms with Crippen molar-refractivity contribution in [2.45, 2.75) is 63.5 Å². The standard InChI is InChI=1S/C17H26N6/c1-2-6-13(5-1)23-10-4-3-7-14(23)8-9-18-16-15-17(20-11-19-15)22-12-21-16/h11-14H,1-10H2,(H2,18,19,20,21,22)/t14-/m0/s1. The number of anilines is 1. The van der Waals surface area contributed by atoms with Crippen LogP contribution in [0.2, 0.25) is 0 Å². The van der Waals surface area contributed by atoms with Crippen LogP contribution < -0.4 is 5.32 Å². The number of imidazole rings is 1. The van der Waals surface area contributed by atoms with E-state index in [0.717, 1.165) is 35.6 Å². The molecule has 124 valence electrons. The fraction of sp³-hybridized carbons (Fsp3) is 0.706. The minimum absolute atomic E-state index is 0.729. The van der Waals surface area contributed by atoms with E-state index in [1.54, 1.807) is 12.7 Å². The third-order valence-electron chi connectivity index (χ3n) is 5.46. The average molecular weight is 314 g/mol. The maximum Gasteiger partial charge on any atom is 0.182 e. The summed E-state index contributed by atoms with van der Waals surface area (Å²) in [5, 5.41) is 3.48. The number of hydrogen-bond donors (Lipinski definition) is 2. The first kappa shape index (κ1) is 14.9. The summed E-state index contributed by atoms with van der Waals surface area (Å²) in [6.07, 6.45) is 14.2. The monoisotopic (exact) mass is 314 g/mol. The van der Waals surface area contributed by atoms with Crippen LogP contribution in [0, 0.1) is 0 Å². The molecule has 4 rings (SSSR count). The first-order valence-corrected chi connectivity index (χ1v) is 9.05. The van der Waals surface area contributed by atoms with E-state index in [-0.39, 0.29) is 0 Å². The van der Waals surface area contributed by atoms with E-state index in [9.17, 15) is 0 Å². The van der Waals surface area contributed by atoms with Crippen LogP contribution in [-0.2, 0) is 0 Å². The topological polar surface area (TPSA) is 69.7 Å². The van der Waals surface area contributed by atoms with E-state index in [1.165, 1.54) is 57.9 Å². The molecule has 0 radical (unpaired) electrons. The van der Waals surface area contributed by atoms with E-state index >= 15 is 0 Å². The van der Waals surface area contributed by atoms with Gasteiger partial charge in [-0.2, -0.15) is 0 Å². The van der Waals surface area contributed by atoms with Crippen molar-refractivity contribution in [3.8, 4) is 0 Å². The number of nitrogens with one attached hydrogen (secondary N) is 2. The summed E-state index contributed by atoms with van der Waals surface area (Å²) in [6, 6.07) is 1.58. The van der Waals surface area contributed by atoms with Crippen molar-refractivity contribution in [2.24, 2.45) is 0 Å². The molecule has 6 heteroatoms. The Hall–Kier alpha value is -1.69. The van der Waals surface area contributed by atoms with Gasteiger partial charge in [0.05, 0.1) is 6.33 Å². The minimum atomic E-state index is 0.729. The van der Waals surface area contributed by atoms with E-state index in [1.807, 2.05) is 0 Å². The smallest absolute Gasteiger partial charge is 0.182 e. The number of rotatable bonds is 5. The van der Waals surface area contributed by atoms with Crippen LogP contribution in [0.25, 0.3) is 11.2 Å². The molecule has 0 spiro atoms. The number of aromatic nitrogens is 4. The lowest BCUT2D eigenvalue weighted by atomic mass is 9.96. The Morgan fingerprint density at radius 1 is 1.09 bits per heavy atom. The third-order valence-corrected chi connectivity index (χ3v) is 5.46. The number of hydrogen-bond acceptors (Lipinski definition) is 5. The van der Waals surface area contributed by atoms with Gasteiger partial charge in [-0.3, -0.25) is 4.90 Å². The van der Waals surface area contributed by atoms with Crippen LogP contribution in [0.5, 0.6) is 0 Å². The molecule has 0 bridgehead atoms. The highest BCUT2D eigenvalue weighted by atomic mass is 15.2. The van der Waals surface area contributed by atoms with Crippen LogP contribution in [0.15, 0.2) is 12.7 Å². The van der Waals surface area contributed by atoms with Crippen LogP contribution >= 0.6 is 0 Å². The number of fused-ring (bicyclic) bond motifs is 1. The zero-order valence-corrected chi connectivity index (χ0v) is 13.7. The largest absolute Gasteiger partial charge is 0.368 e. The van der Waals surface area contributed by atoms with Gasteiger partial charge < -0.3 is 10.3 Å². The number of H-pyrrole nitrogens is 1. The zero-order valence-electron chi connectivity index (χ0n) is 13.7. The van der Waals surface area contributed by atoms with Gasteiger partial charge in [-0.15, -0.1) is 0 Å². The Morgan fingerprint density at radius 2 is 1.96 bits per heavy atom. The molecule has 3 heterocycles. The Kier molecular flexibility index (Phi) is 4.41. The van der Waals surface area contributed by atoms with Gasteiger partial charge in [0.25, 0.3) is 0 Å². The van der Waals surface area contributed by atoms with Gasteiger partial charge in [0, 0.05) is 18.6 Å². The molecule has 0 amide bonds. The second kappa shape index (κ2) is 6.83. The Bertz CT molecular complexity index is 633. The number of nitrogens with zero attached hydrogens (tertiary/aromatic N) is 4. The summed E-state index contributed by atoms with van der Waals surface area (Å²) in [7, 11) is 0. The van der Waals surface area contributed by atoms with Gasteiger partial charge in [-0.25, -0.2) is 15.0 Å². The van der Waals surface area contributed by atoms with E-state index < -0.39 is 0 Å². The highest BCUT2D eigenvalue weighted by molar-refractivity contribution is 5.81. The maximum atomic E-state index is 4.35. The van der Waals surface area contributed by atoms with Crippen molar-refractivity contribution >= 4 is 17.0 Å². The Labute approximate surface area is 137 Å². The summed E-state index contributed by atoms with van der Waals surface area (Å²) in [4.78, 5) is 18.6. The predicted molar refractivity (Wildman–Crippen MR) is 91.4 cm³/mol. The van der Waals surface area contributed by atoms with Gasteiger partial charge in [0.15, 0.2) is 11.5 Å². The molecule has 0 unspecified atom stereocenters. The summed E-state index contributed by atoms with van der Waals surface area (Å²) in [5.74, 6) is 0.871. The molecule has 1 atom stereocenters. The molecule has 1 saturated heterocycles. The number of aromatic amines is 1. The van der Waals surface area contributed by atoms with E-state index in [0.29, 0.717) is 0 Å². The molecular weight excluding hydrogens is 288 g/mol. The first-order valence-electron chi connectivity index (χ1n) is 9.05. The van der Waals surface area contributed by atoms with Crippen molar-refractivity contribution < 1.29 is 0 Å². The molecular formula is C17H26N6. The molecule has 2 aliphatic rings. The number of piperidine rings is 1. The molecule has 6 nitrogen and oxygen atoms in total. The molecule has 1 saturated carbocycles. The van der Waals surface area contributed by atoms with Crippen molar-refractivity contribution in [1.29, 1.82) is 0 Å². The van der Waals surface area contributed by atoms with E-state index in [4.69, 9.17) is 0 Å². The summed E-state index contributed by atoms with van der Waals surface area (Å²) >= 11 is 0. The van der Waals surface area contributed by atoms with Gasteiger partial charge in [-0.1, -0.05) is 19.3 Å². The van der Waals surface area contributed by atoms with Gasteiger partial charge in [0.1, 0.15) is 11.8 Å². The average Bonchev–Trinajstić information content (AvgIpc) is 3.27. The molecule has 0 aromatic carbocycles. The molecule has 2 aromatic heterocycles. The third kappa shape index (κ3) is 3.17. The van der Waals surface area contributed by atoms with Crippen molar-refractivity contribution in [1.82, 2.24) is 24.8 Å². The molecule has 1 aliphatic carbocycles. The number of likely N-dealkylation sites (tertiary alicyclic amines) is 1. The molecule has 2 N–H and O–H groups in total. The summed E-state index contributed by atoms with van der Waals surface area (Å²) < 4.78 is 0. The summed E-state index contributed by atoms with van der Waals surface area (Å²) in [5.41, 5.74) is 1.64. The van der Waals surface area contributed by atoms with Crippen molar-refractivity contribution in [3.05, 3.63) is 12.7 Å². The summed E-state index contributed by atoms with van der Waals surface area (Å²) in [6.45, 7) is 2.26. The lowest BCUT2D eigenvalue weighted by Gasteiger charge is -2.40. The fourth-order valence-corrected chi connectivity index (χ4v) is 4.31. The molecule has 2 aromatic rings. The minimum Gasteiger partial charge on any atom is -0.368 e. The lowest BCUT2D eigenvalue weighted by Crippen LogP contribution is -2.45. The zero-order chi connectivity index (χ0) is 15.5. The van der Waals surface area contributed by atoms with E-state index in [2.05, 4.69) is 30.2 Å². The Morgan fingerprint density at radius 3 is 2.87 bits per heavy atom. The normalized spacial score (nSPS) is 23.6. The van der Waals surface area contributed by atoms with Crippen LogP contribution in [0.3, 0.4) is 0 Å². The molecule has 23 heavy (non-hydrogen) atoms.